The van der Waals surface area contributed by atoms with Crippen molar-refractivity contribution in [2.45, 2.75) is 59.4 Å². The molecule has 0 spiro atoms. The number of carbonyl (C=O) groups excluding carboxylic acids is 2. The number of carbonyl (C=O) groups is 2. The number of hydrogen-bond acceptors (Lipinski definition) is 7. The molecule has 0 bridgehead atoms. The fourth-order valence-electron chi connectivity index (χ4n) is 4.62. The third-order valence-electron chi connectivity index (χ3n) is 6.69. The highest BCUT2D eigenvalue weighted by atomic mass is 32.1. The predicted molar refractivity (Wildman–Crippen MR) is 137 cm³/mol. The van der Waals surface area contributed by atoms with Crippen LogP contribution in [0.5, 0.6) is 0 Å². The molecule has 0 fully saturated rings. The zero-order valence-corrected chi connectivity index (χ0v) is 21.6. The molecule has 7 nitrogen and oxygen atoms in total. The van der Waals surface area contributed by atoms with Gasteiger partial charge in [-0.3, -0.25) is 4.79 Å². The number of esters is 1. The summed E-state index contributed by atoms with van der Waals surface area (Å²) in [4.78, 5) is 35.5. The normalized spacial score (nSPS) is 16.5. The summed E-state index contributed by atoms with van der Waals surface area (Å²) in [5.74, 6) is -0.142. The van der Waals surface area contributed by atoms with Gasteiger partial charge in [0.05, 0.1) is 18.2 Å². The van der Waals surface area contributed by atoms with Crippen molar-refractivity contribution in [2.75, 3.05) is 13.2 Å². The summed E-state index contributed by atoms with van der Waals surface area (Å²) in [7, 11) is 0. The van der Waals surface area contributed by atoms with Gasteiger partial charge in [0.1, 0.15) is 10.3 Å². The van der Waals surface area contributed by atoms with Crippen LogP contribution in [0.2, 0.25) is 0 Å². The Morgan fingerprint density at radius 2 is 2.06 bits per heavy atom. The lowest BCUT2D eigenvalue weighted by Crippen LogP contribution is -2.29. The Kier molecular flexibility index (Phi) is 7.52. The van der Waals surface area contributed by atoms with Crippen LogP contribution >= 0.6 is 11.3 Å². The van der Waals surface area contributed by atoms with Crippen LogP contribution in [-0.4, -0.2) is 40.2 Å². The van der Waals surface area contributed by atoms with Crippen LogP contribution in [0.1, 0.15) is 83.6 Å². The molecular weight excluding hydrogens is 462 g/mol. The summed E-state index contributed by atoms with van der Waals surface area (Å²) in [5.41, 5.74) is 4.46. The van der Waals surface area contributed by atoms with E-state index in [1.165, 1.54) is 16.9 Å². The van der Waals surface area contributed by atoms with Crippen LogP contribution < -0.4 is 5.32 Å². The van der Waals surface area contributed by atoms with Gasteiger partial charge in [-0.1, -0.05) is 44.2 Å². The summed E-state index contributed by atoms with van der Waals surface area (Å²) in [6.45, 7) is 8.77. The number of amides is 1. The first-order chi connectivity index (χ1) is 16.7. The number of ether oxygens (including phenoxy) is 1. The van der Waals surface area contributed by atoms with Gasteiger partial charge in [0.15, 0.2) is 5.01 Å². The van der Waals surface area contributed by atoms with E-state index in [1.807, 2.05) is 6.07 Å². The van der Waals surface area contributed by atoms with Gasteiger partial charge in [-0.05, 0) is 73.3 Å². The highest BCUT2D eigenvalue weighted by molar-refractivity contribution is 7.19. The van der Waals surface area contributed by atoms with Crippen molar-refractivity contribution in [3.63, 3.8) is 0 Å². The van der Waals surface area contributed by atoms with Crippen molar-refractivity contribution >= 4 is 33.6 Å². The van der Waals surface area contributed by atoms with Crippen LogP contribution in [0.4, 0.5) is 0 Å². The van der Waals surface area contributed by atoms with Crippen molar-refractivity contribution in [1.82, 2.24) is 15.3 Å². The number of pyridine rings is 1. The fourth-order valence-corrected chi connectivity index (χ4v) is 5.46. The molecule has 1 aliphatic carbocycles. The number of aryl methyl sites for hydroxylation is 1. The average molecular weight is 496 g/mol. The molecule has 186 valence electrons. The van der Waals surface area contributed by atoms with E-state index in [0.717, 1.165) is 40.9 Å². The molecule has 3 aromatic rings. The first kappa shape index (κ1) is 25.3. The first-order valence-corrected chi connectivity index (χ1v) is 13.0. The van der Waals surface area contributed by atoms with Crippen molar-refractivity contribution in [3.8, 4) is 0 Å². The Morgan fingerprint density at radius 3 is 2.77 bits per heavy atom. The number of aromatic nitrogens is 2. The van der Waals surface area contributed by atoms with E-state index in [9.17, 15) is 14.7 Å². The Morgan fingerprint density at radius 1 is 1.26 bits per heavy atom. The second-order valence-electron chi connectivity index (χ2n) is 10.1. The minimum Gasteiger partial charge on any atom is -0.462 e. The van der Waals surface area contributed by atoms with Crippen LogP contribution in [0, 0.1) is 11.3 Å². The summed E-state index contributed by atoms with van der Waals surface area (Å²) in [5, 5.41) is 12.9. The van der Waals surface area contributed by atoms with Gasteiger partial charge >= 0.3 is 5.97 Å². The maximum atomic E-state index is 13.1. The molecule has 0 radical (unpaired) electrons. The zero-order valence-electron chi connectivity index (χ0n) is 20.8. The van der Waals surface area contributed by atoms with E-state index in [1.54, 1.807) is 25.1 Å². The fraction of sp³-hybridized carbons (Fsp3) is 0.481. The number of nitrogens with one attached hydrogen (secondary N) is 1. The molecule has 0 saturated carbocycles. The molecule has 1 amide bonds. The summed E-state index contributed by atoms with van der Waals surface area (Å²) >= 11 is 1.28. The van der Waals surface area contributed by atoms with Crippen molar-refractivity contribution in [2.24, 2.45) is 11.3 Å². The number of aliphatic hydroxyl groups is 1. The number of rotatable bonds is 7. The minimum absolute atomic E-state index is 0.113. The van der Waals surface area contributed by atoms with Gasteiger partial charge < -0.3 is 15.2 Å². The molecule has 2 N–H and O–H groups in total. The molecule has 0 aliphatic heterocycles. The molecule has 35 heavy (non-hydrogen) atoms. The average Bonchev–Trinajstić information content (AvgIpc) is 3.24. The largest absolute Gasteiger partial charge is 0.462 e. The third-order valence-corrected chi connectivity index (χ3v) is 7.65. The molecule has 2 heterocycles. The lowest BCUT2D eigenvalue weighted by atomic mass is 9.71. The monoisotopic (exact) mass is 495 g/mol. The Balaban J connectivity index is 1.55. The highest BCUT2D eigenvalue weighted by Crippen LogP contribution is 2.38. The molecule has 2 aromatic heterocycles. The van der Waals surface area contributed by atoms with Crippen molar-refractivity contribution in [1.29, 1.82) is 0 Å². The van der Waals surface area contributed by atoms with E-state index in [4.69, 9.17) is 9.72 Å². The smallest absolute Gasteiger partial charge is 0.338 e. The first-order valence-electron chi connectivity index (χ1n) is 12.2. The van der Waals surface area contributed by atoms with Gasteiger partial charge in [0.2, 0.25) is 0 Å². The van der Waals surface area contributed by atoms with Crippen LogP contribution in [0.25, 0.3) is 10.3 Å². The number of thiazole rings is 1. The van der Waals surface area contributed by atoms with Crippen LogP contribution in [0.3, 0.4) is 0 Å². The quantitative estimate of drug-likeness (QED) is 0.454. The maximum Gasteiger partial charge on any atom is 0.338 e. The summed E-state index contributed by atoms with van der Waals surface area (Å²) in [6.07, 6.45) is 3.36. The number of nitrogens with zero attached hydrogens (tertiary/aromatic N) is 2. The second kappa shape index (κ2) is 10.4. The topological polar surface area (TPSA) is 101 Å². The summed E-state index contributed by atoms with van der Waals surface area (Å²) in [6, 6.07) is 8.56. The Hall–Kier alpha value is -2.84. The number of fused-ring (bicyclic) bond motifs is 2. The van der Waals surface area contributed by atoms with E-state index < -0.39 is 12.0 Å². The Labute approximate surface area is 209 Å². The lowest BCUT2D eigenvalue weighted by Gasteiger charge is -2.34. The minimum atomic E-state index is -0.470. The second-order valence-corrected chi connectivity index (χ2v) is 11.1. The molecule has 1 aromatic carbocycles. The molecular formula is C27H33N3O4S. The maximum absolute atomic E-state index is 13.1. The van der Waals surface area contributed by atoms with E-state index in [-0.39, 0.29) is 24.5 Å². The number of hydrogen-bond donors (Lipinski definition) is 2. The molecule has 8 heteroatoms. The summed E-state index contributed by atoms with van der Waals surface area (Å²) < 4.78 is 5.08. The van der Waals surface area contributed by atoms with Crippen molar-refractivity contribution in [3.05, 3.63) is 57.7 Å². The van der Waals surface area contributed by atoms with Crippen LogP contribution in [-0.2, 0) is 17.6 Å². The van der Waals surface area contributed by atoms with Gasteiger partial charge in [-0.15, -0.1) is 0 Å². The van der Waals surface area contributed by atoms with Crippen LogP contribution in [0.15, 0.2) is 30.3 Å². The molecule has 4 rings (SSSR count). The van der Waals surface area contributed by atoms with E-state index in [0.29, 0.717) is 22.9 Å². The van der Waals surface area contributed by atoms with E-state index >= 15 is 0 Å². The van der Waals surface area contributed by atoms with Gasteiger partial charge in [-0.2, -0.15) is 0 Å². The molecule has 0 saturated heterocycles. The van der Waals surface area contributed by atoms with Gasteiger partial charge in [0.25, 0.3) is 5.91 Å². The van der Waals surface area contributed by atoms with Gasteiger partial charge in [-0.25, -0.2) is 14.8 Å². The standard InChI is InChI=1S/C27H33N3O4S/c1-5-34-26(33)17-8-6-7-16(13-17)21(11-12-31)28-23(32)25-30-22-15-18-14-19(27(2,3)4)9-10-20(18)29-24(22)35-25/h6-8,13,15,19,21,31H,5,9-12,14H2,1-4H3,(H,28,32)/t19?,21-/m1/s1. The molecule has 2 atom stereocenters. The van der Waals surface area contributed by atoms with Gasteiger partial charge in [0, 0.05) is 12.3 Å². The third kappa shape index (κ3) is 5.70. The predicted octanol–water partition coefficient (Wildman–Crippen LogP) is 4.87. The molecule has 1 unspecified atom stereocenters. The number of aliphatic hydroxyl groups excluding tert-OH is 1. The number of benzene rings is 1. The highest BCUT2D eigenvalue weighted by Gasteiger charge is 2.30. The SMILES string of the molecule is CCOC(=O)c1cccc([C@@H](CCO)NC(=O)c2nc3cc4c(nc3s2)CCC(C(C)(C)C)C4)c1. The van der Waals surface area contributed by atoms with Crippen molar-refractivity contribution < 1.29 is 19.4 Å². The lowest BCUT2D eigenvalue weighted by molar-refractivity contribution is 0.0526. The Bertz CT molecular complexity index is 1230. The van der Waals surface area contributed by atoms with E-state index in [2.05, 4.69) is 37.1 Å². The molecule has 1 aliphatic rings. The zero-order chi connectivity index (χ0) is 25.2.